The van der Waals surface area contributed by atoms with Gasteiger partial charge in [0.1, 0.15) is 18.1 Å². The lowest BCUT2D eigenvalue weighted by Crippen LogP contribution is -2.66. The molecular weight excluding hydrogens is 348 g/mol. The SMILES string of the molecule is CN1CC[C@]2(C(=O)NCc3cc(C4CC4)on3)CCCN(C(=O)CO)[C@H]2C1. The molecule has 8 heteroatoms. The van der Waals surface area contributed by atoms with Gasteiger partial charge in [0, 0.05) is 25.1 Å². The molecular formula is C19H28N4O4. The molecule has 2 N–H and O–H groups in total. The smallest absolute Gasteiger partial charge is 0.248 e. The van der Waals surface area contributed by atoms with E-state index < -0.39 is 12.0 Å². The average Bonchev–Trinajstić information content (AvgIpc) is 3.43. The van der Waals surface area contributed by atoms with Crippen molar-refractivity contribution >= 4 is 11.8 Å². The molecule has 0 unspecified atom stereocenters. The Hall–Kier alpha value is -1.93. The Morgan fingerprint density at radius 1 is 1.37 bits per heavy atom. The maximum Gasteiger partial charge on any atom is 0.248 e. The van der Waals surface area contributed by atoms with E-state index in [1.807, 2.05) is 13.1 Å². The molecule has 3 fully saturated rings. The number of nitrogens with zero attached hydrogens (tertiary/aromatic N) is 3. The molecule has 0 radical (unpaired) electrons. The van der Waals surface area contributed by atoms with Crippen LogP contribution in [0, 0.1) is 5.41 Å². The van der Waals surface area contributed by atoms with Crippen molar-refractivity contribution in [2.45, 2.75) is 50.6 Å². The fourth-order valence-corrected chi connectivity index (χ4v) is 4.61. The topological polar surface area (TPSA) is 98.9 Å². The molecule has 4 rings (SSSR count). The van der Waals surface area contributed by atoms with Crippen LogP contribution in [0.25, 0.3) is 0 Å². The second-order valence-electron chi connectivity index (χ2n) is 8.21. The van der Waals surface area contributed by atoms with Crippen molar-refractivity contribution in [3.8, 4) is 0 Å². The highest BCUT2D eigenvalue weighted by Gasteiger charge is 2.53. The van der Waals surface area contributed by atoms with Crippen molar-refractivity contribution in [2.75, 3.05) is 33.3 Å². The zero-order chi connectivity index (χ0) is 19.0. The number of fused-ring (bicyclic) bond motifs is 1. The van der Waals surface area contributed by atoms with Gasteiger partial charge in [-0.05, 0) is 45.7 Å². The number of aromatic nitrogens is 1. The minimum absolute atomic E-state index is 0.0213. The molecule has 8 nitrogen and oxygen atoms in total. The molecule has 3 aliphatic rings. The second-order valence-corrected chi connectivity index (χ2v) is 8.21. The number of nitrogens with one attached hydrogen (secondary N) is 1. The molecule has 0 spiro atoms. The Kier molecular flexibility index (Phi) is 4.94. The normalized spacial score (nSPS) is 28.7. The summed E-state index contributed by atoms with van der Waals surface area (Å²) in [5, 5.41) is 16.5. The molecule has 27 heavy (non-hydrogen) atoms. The second kappa shape index (κ2) is 7.24. The third-order valence-corrected chi connectivity index (χ3v) is 6.36. The van der Waals surface area contributed by atoms with E-state index in [4.69, 9.17) is 4.52 Å². The molecule has 2 atom stereocenters. The van der Waals surface area contributed by atoms with Gasteiger partial charge in [-0.15, -0.1) is 0 Å². The van der Waals surface area contributed by atoms with Crippen molar-refractivity contribution in [1.82, 2.24) is 20.3 Å². The van der Waals surface area contributed by atoms with Gasteiger partial charge in [-0.3, -0.25) is 9.59 Å². The molecule has 1 aromatic heterocycles. The van der Waals surface area contributed by atoms with E-state index >= 15 is 0 Å². The number of amides is 2. The number of aliphatic hydroxyl groups is 1. The molecule has 0 aromatic carbocycles. The fourth-order valence-electron chi connectivity index (χ4n) is 4.61. The lowest BCUT2D eigenvalue weighted by atomic mass is 9.67. The minimum Gasteiger partial charge on any atom is -0.387 e. The van der Waals surface area contributed by atoms with Crippen LogP contribution in [0.5, 0.6) is 0 Å². The van der Waals surface area contributed by atoms with Crippen LogP contribution >= 0.6 is 0 Å². The number of hydrogen-bond acceptors (Lipinski definition) is 6. The lowest BCUT2D eigenvalue weighted by Gasteiger charge is -2.53. The highest BCUT2D eigenvalue weighted by molar-refractivity contribution is 5.86. The number of piperidine rings is 2. The van der Waals surface area contributed by atoms with Crippen molar-refractivity contribution in [3.63, 3.8) is 0 Å². The van der Waals surface area contributed by atoms with Gasteiger partial charge in [-0.1, -0.05) is 5.16 Å². The van der Waals surface area contributed by atoms with Gasteiger partial charge >= 0.3 is 0 Å². The molecule has 0 bridgehead atoms. The van der Waals surface area contributed by atoms with Gasteiger partial charge in [0.05, 0.1) is 18.0 Å². The van der Waals surface area contributed by atoms with Crippen LogP contribution in [0.3, 0.4) is 0 Å². The third kappa shape index (κ3) is 3.48. The molecule has 2 aliphatic heterocycles. The summed E-state index contributed by atoms with van der Waals surface area (Å²) in [6.45, 7) is 1.89. The number of hydrogen-bond donors (Lipinski definition) is 2. The van der Waals surface area contributed by atoms with Gasteiger partial charge in [0.15, 0.2) is 0 Å². The van der Waals surface area contributed by atoms with Crippen molar-refractivity contribution in [1.29, 1.82) is 0 Å². The van der Waals surface area contributed by atoms with E-state index in [1.165, 1.54) is 0 Å². The quantitative estimate of drug-likeness (QED) is 0.775. The molecule has 1 saturated carbocycles. The fraction of sp³-hybridized carbons (Fsp3) is 0.737. The molecule has 148 valence electrons. The van der Waals surface area contributed by atoms with Gasteiger partial charge in [0.2, 0.25) is 11.8 Å². The maximum absolute atomic E-state index is 13.3. The van der Waals surface area contributed by atoms with E-state index in [1.54, 1.807) is 4.90 Å². The van der Waals surface area contributed by atoms with Gasteiger partial charge < -0.3 is 24.7 Å². The Morgan fingerprint density at radius 2 is 2.19 bits per heavy atom. The zero-order valence-corrected chi connectivity index (χ0v) is 15.8. The number of carbonyl (C=O) groups is 2. The summed E-state index contributed by atoms with van der Waals surface area (Å²) in [6, 6.07) is 1.73. The lowest BCUT2D eigenvalue weighted by molar-refractivity contribution is -0.155. The first-order valence-corrected chi connectivity index (χ1v) is 9.86. The van der Waals surface area contributed by atoms with Gasteiger partial charge in [-0.25, -0.2) is 0 Å². The number of likely N-dealkylation sites (N-methyl/N-ethyl adjacent to an activating group) is 1. The summed E-state index contributed by atoms with van der Waals surface area (Å²) >= 11 is 0. The summed E-state index contributed by atoms with van der Waals surface area (Å²) in [5.41, 5.74) is 0.142. The molecule has 1 aromatic rings. The Labute approximate surface area is 158 Å². The maximum atomic E-state index is 13.3. The summed E-state index contributed by atoms with van der Waals surface area (Å²) in [6.07, 6.45) is 4.54. The van der Waals surface area contributed by atoms with Gasteiger partial charge in [0.25, 0.3) is 0 Å². The van der Waals surface area contributed by atoms with Crippen molar-refractivity contribution in [3.05, 3.63) is 17.5 Å². The van der Waals surface area contributed by atoms with Crippen LogP contribution in [0.1, 0.15) is 49.5 Å². The predicted octanol–water partition coefficient (Wildman–Crippen LogP) is 0.473. The van der Waals surface area contributed by atoms with E-state index in [0.717, 1.165) is 43.7 Å². The number of likely N-dealkylation sites (tertiary alicyclic amines) is 2. The molecule has 3 heterocycles. The highest BCUT2D eigenvalue weighted by Crippen LogP contribution is 2.43. The van der Waals surface area contributed by atoms with Gasteiger partial charge in [-0.2, -0.15) is 0 Å². The van der Waals surface area contributed by atoms with Crippen molar-refractivity contribution < 1.29 is 19.2 Å². The Morgan fingerprint density at radius 3 is 2.93 bits per heavy atom. The van der Waals surface area contributed by atoms with E-state index in [0.29, 0.717) is 32.0 Å². The number of aliphatic hydroxyl groups excluding tert-OH is 1. The zero-order valence-electron chi connectivity index (χ0n) is 15.8. The molecule has 2 amide bonds. The van der Waals surface area contributed by atoms with Crippen LogP contribution in [-0.4, -0.2) is 71.2 Å². The summed E-state index contributed by atoms with van der Waals surface area (Å²) in [5.74, 6) is 1.09. The highest BCUT2D eigenvalue weighted by atomic mass is 16.5. The molecule has 2 saturated heterocycles. The summed E-state index contributed by atoms with van der Waals surface area (Å²) in [4.78, 5) is 29.4. The van der Waals surface area contributed by atoms with Crippen LogP contribution in [0.4, 0.5) is 0 Å². The first-order chi connectivity index (χ1) is 13.0. The van der Waals surface area contributed by atoms with Crippen LogP contribution in [0.2, 0.25) is 0 Å². The van der Waals surface area contributed by atoms with Crippen LogP contribution < -0.4 is 5.32 Å². The average molecular weight is 376 g/mol. The number of rotatable bonds is 5. The number of carbonyl (C=O) groups excluding carboxylic acids is 2. The minimum atomic E-state index is -0.599. The standard InChI is InChI=1S/C19H28N4O4/c1-22-8-6-19(5-2-7-23(16(19)11-22)17(25)12-24)18(26)20-10-14-9-15(27-21-14)13-3-4-13/h9,13,16,24H,2-8,10-12H2,1H3,(H,20,26)/t16-,19+/m0/s1. The van der Waals surface area contributed by atoms with Crippen LogP contribution in [-0.2, 0) is 16.1 Å². The largest absolute Gasteiger partial charge is 0.387 e. The third-order valence-electron chi connectivity index (χ3n) is 6.36. The van der Waals surface area contributed by atoms with E-state index in [9.17, 15) is 14.7 Å². The Balaban J connectivity index is 1.48. The van der Waals surface area contributed by atoms with E-state index in [2.05, 4.69) is 15.4 Å². The Bertz CT molecular complexity index is 716. The first kappa shape index (κ1) is 18.4. The van der Waals surface area contributed by atoms with E-state index in [-0.39, 0.29) is 17.9 Å². The first-order valence-electron chi connectivity index (χ1n) is 9.86. The molecule has 1 aliphatic carbocycles. The summed E-state index contributed by atoms with van der Waals surface area (Å²) < 4.78 is 5.36. The monoisotopic (exact) mass is 376 g/mol. The van der Waals surface area contributed by atoms with Crippen LogP contribution in [0.15, 0.2) is 10.6 Å². The van der Waals surface area contributed by atoms with Crippen molar-refractivity contribution in [2.24, 2.45) is 5.41 Å². The predicted molar refractivity (Wildman–Crippen MR) is 96.7 cm³/mol. The summed E-state index contributed by atoms with van der Waals surface area (Å²) in [7, 11) is 2.01.